The first kappa shape index (κ1) is 13.9. The van der Waals surface area contributed by atoms with Crippen molar-refractivity contribution in [1.82, 2.24) is 4.98 Å². The molecule has 0 spiro atoms. The Kier molecular flexibility index (Phi) is 3.66. The highest BCUT2D eigenvalue weighted by atomic mass is 16.5. The molecule has 0 bridgehead atoms. The first-order valence-corrected chi connectivity index (χ1v) is 6.17. The number of hydrogen-bond donors (Lipinski definition) is 0. The van der Waals surface area contributed by atoms with Crippen LogP contribution in [0.5, 0.6) is 11.5 Å². The van der Waals surface area contributed by atoms with Crippen molar-refractivity contribution in [3.05, 3.63) is 23.4 Å². The van der Waals surface area contributed by atoms with Crippen LogP contribution in [-0.2, 0) is 0 Å². The van der Waals surface area contributed by atoms with Crippen molar-refractivity contribution >= 4 is 16.6 Å². The Labute approximate surface area is 118 Å². The Morgan fingerprint density at radius 3 is 2.25 bits per heavy atom. The van der Waals surface area contributed by atoms with Gasteiger partial charge in [-0.05, 0) is 19.1 Å². The summed E-state index contributed by atoms with van der Waals surface area (Å²) in [5.74, 6) is 1.34. The molecule has 0 atom stereocenters. The van der Waals surface area contributed by atoms with Gasteiger partial charge in [0, 0.05) is 14.1 Å². The van der Waals surface area contributed by atoms with Gasteiger partial charge in [-0.2, -0.15) is 5.26 Å². The highest BCUT2D eigenvalue weighted by molar-refractivity contribution is 6.02. The smallest absolute Gasteiger partial charge is 0.145 e. The summed E-state index contributed by atoms with van der Waals surface area (Å²) in [5.41, 5.74) is 2.72. The van der Waals surface area contributed by atoms with Gasteiger partial charge in [-0.25, -0.2) is 4.98 Å². The maximum absolute atomic E-state index is 9.41. The van der Waals surface area contributed by atoms with E-state index in [1.54, 1.807) is 14.2 Å². The van der Waals surface area contributed by atoms with E-state index in [-0.39, 0.29) is 0 Å². The molecule has 0 saturated heterocycles. The molecule has 2 rings (SSSR count). The lowest BCUT2D eigenvalue weighted by Crippen LogP contribution is -2.13. The monoisotopic (exact) mass is 271 g/mol. The summed E-state index contributed by atoms with van der Waals surface area (Å²) in [4.78, 5) is 6.42. The van der Waals surface area contributed by atoms with Crippen molar-refractivity contribution in [3.8, 4) is 17.6 Å². The molecular weight excluding hydrogens is 254 g/mol. The van der Waals surface area contributed by atoms with Crippen LogP contribution in [0.3, 0.4) is 0 Å². The molecule has 104 valence electrons. The summed E-state index contributed by atoms with van der Waals surface area (Å²) >= 11 is 0. The fourth-order valence-corrected chi connectivity index (χ4v) is 2.33. The normalized spacial score (nSPS) is 10.2. The summed E-state index contributed by atoms with van der Waals surface area (Å²) in [6, 6.07) is 5.87. The predicted molar refractivity (Wildman–Crippen MR) is 78.6 cm³/mol. The van der Waals surface area contributed by atoms with E-state index >= 15 is 0 Å². The number of methoxy groups -OCH3 is 2. The van der Waals surface area contributed by atoms with Crippen LogP contribution in [0.15, 0.2) is 12.1 Å². The molecule has 0 N–H and O–H groups in total. The van der Waals surface area contributed by atoms with Crippen LogP contribution >= 0.6 is 0 Å². The molecule has 1 aromatic carbocycles. The third-order valence-corrected chi connectivity index (χ3v) is 3.22. The lowest BCUT2D eigenvalue weighted by Gasteiger charge is -2.20. The topological polar surface area (TPSA) is 58.4 Å². The van der Waals surface area contributed by atoms with Gasteiger partial charge >= 0.3 is 0 Å². The lowest BCUT2D eigenvalue weighted by molar-refractivity contribution is 0.409. The summed E-state index contributed by atoms with van der Waals surface area (Å²) in [7, 11) is 7.00. The van der Waals surface area contributed by atoms with Gasteiger partial charge < -0.3 is 14.4 Å². The van der Waals surface area contributed by atoms with Gasteiger partial charge in [0.15, 0.2) is 0 Å². The Balaban J connectivity index is 3.05. The second kappa shape index (κ2) is 5.25. The van der Waals surface area contributed by atoms with Gasteiger partial charge in [-0.15, -0.1) is 0 Å². The molecule has 0 aliphatic heterocycles. The number of aryl methyl sites for hydroxylation is 1. The molecule has 5 heteroatoms. The van der Waals surface area contributed by atoms with Crippen LogP contribution in [0, 0.1) is 18.3 Å². The first-order chi connectivity index (χ1) is 9.54. The van der Waals surface area contributed by atoms with Crippen molar-refractivity contribution in [3.63, 3.8) is 0 Å². The van der Waals surface area contributed by atoms with Crippen molar-refractivity contribution in [1.29, 1.82) is 5.26 Å². The first-order valence-electron chi connectivity index (χ1n) is 6.17. The van der Waals surface area contributed by atoms with E-state index < -0.39 is 0 Å². The molecule has 0 amide bonds. The maximum Gasteiger partial charge on any atom is 0.145 e. The van der Waals surface area contributed by atoms with E-state index in [9.17, 15) is 5.26 Å². The number of pyridine rings is 1. The van der Waals surface area contributed by atoms with E-state index in [0.717, 1.165) is 11.1 Å². The zero-order valence-electron chi connectivity index (χ0n) is 12.3. The molecule has 0 aliphatic carbocycles. The Hall–Kier alpha value is -2.48. The number of fused-ring (bicyclic) bond motifs is 1. The average molecular weight is 271 g/mol. The van der Waals surface area contributed by atoms with Gasteiger partial charge in [0.25, 0.3) is 0 Å². The SMILES string of the molecule is COc1ccc(OC)c2c(N(C)C)c(C#N)c(C)nc12. The molecule has 20 heavy (non-hydrogen) atoms. The quantitative estimate of drug-likeness (QED) is 0.858. The molecular formula is C15H17N3O2. The van der Waals surface area contributed by atoms with Gasteiger partial charge in [0.05, 0.1) is 36.6 Å². The van der Waals surface area contributed by atoms with Crippen molar-refractivity contribution < 1.29 is 9.47 Å². The minimum atomic E-state index is 0.550. The number of ether oxygens (including phenoxy) is 2. The Morgan fingerprint density at radius 1 is 1.15 bits per heavy atom. The van der Waals surface area contributed by atoms with Crippen LogP contribution in [0.4, 0.5) is 5.69 Å². The zero-order chi connectivity index (χ0) is 14.9. The zero-order valence-corrected chi connectivity index (χ0v) is 12.3. The minimum Gasteiger partial charge on any atom is -0.496 e. The van der Waals surface area contributed by atoms with Gasteiger partial charge in [-0.3, -0.25) is 0 Å². The highest BCUT2D eigenvalue weighted by Gasteiger charge is 2.20. The summed E-state index contributed by atoms with van der Waals surface area (Å²) < 4.78 is 10.8. The molecule has 0 aliphatic rings. The standard InChI is InChI=1S/C15H17N3O2/c1-9-10(8-16)15(18(2)3)13-11(19-4)6-7-12(20-5)14(13)17-9/h6-7H,1-5H3. The van der Waals surface area contributed by atoms with E-state index in [0.29, 0.717) is 28.3 Å². The van der Waals surface area contributed by atoms with Crippen LogP contribution in [0.25, 0.3) is 10.9 Å². The second-order valence-electron chi connectivity index (χ2n) is 4.62. The molecule has 1 aromatic heterocycles. The number of anilines is 1. The van der Waals surface area contributed by atoms with Crippen LogP contribution in [-0.4, -0.2) is 33.3 Å². The largest absolute Gasteiger partial charge is 0.496 e. The molecule has 5 nitrogen and oxygen atoms in total. The maximum atomic E-state index is 9.41. The number of nitriles is 1. The summed E-state index contributed by atoms with van der Waals surface area (Å²) in [5, 5.41) is 10.2. The van der Waals surface area contributed by atoms with Crippen molar-refractivity contribution in [2.45, 2.75) is 6.92 Å². The van der Waals surface area contributed by atoms with Crippen molar-refractivity contribution in [2.75, 3.05) is 33.2 Å². The Bertz CT molecular complexity index is 703. The number of nitrogens with zero attached hydrogens (tertiary/aromatic N) is 3. The van der Waals surface area contributed by atoms with Crippen LogP contribution in [0.2, 0.25) is 0 Å². The van der Waals surface area contributed by atoms with Crippen molar-refractivity contribution in [2.24, 2.45) is 0 Å². The number of benzene rings is 1. The van der Waals surface area contributed by atoms with Gasteiger partial charge in [-0.1, -0.05) is 0 Å². The van der Waals surface area contributed by atoms with Gasteiger partial charge in [0.2, 0.25) is 0 Å². The highest BCUT2D eigenvalue weighted by Crippen LogP contribution is 2.40. The number of hydrogen-bond acceptors (Lipinski definition) is 5. The Morgan fingerprint density at radius 2 is 1.75 bits per heavy atom. The van der Waals surface area contributed by atoms with Gasteiger partial charge in [0.1, 0.15) is 23.1 Å². The van der Waals surface area contributed by atoms with Crippen LogP contribution in [0.1, 0.15) is 11.3 Å². The lowest BCUT2D eigenvalue weighted by atomic mass is 10.0. The van der Waals surface area contributed by atoms with E-state index in [1.807, 2.05) is 38.1 Å². The third kappa shape index (κ3) is 1.99. The molecule has 0 saturated carbocycles. The number of rotatable bonds is 3. The third-order valence-electron chi connectivity index (χ3n) is 3.22. The minimum absolute atomic E-state index is 0.550. The second-order valence-corrected chi connectivity index (χ2v) is 4.62. The number of aromatic nitrogens is 1. The molecule has 0 fully saturated rings. The predicted octanol–water partition coefficient (Wildman–Crippen LogP) is 2.50. The fraction of sp³-hybridized carbons (Fsp3) is 0.333. The summed E-state index contributed by atoms with van der Waals surface area (Å²) in [6.45, 7) is 1.82. The fourth-order valence-electron chi connectivity index (χ4n) is 2.33. The average Bonchev–Trinajstić information content (AvgIpc) is 2.44. The van der Waals surface area contributed by atoms with E-state index in [1.165, 1.54) is 0 Å². The molecule has 1 heterocycles. The van der Waals surface area contributed by atoms with Crippen LogP contribution < -0.4 is 14.4 Å². The van der Waals surface area contributed by atoms with E-state index in [2.05, 4.69) is 11.1 Å². The molecule has 0 radical (unpaired) electrons. The molecule has 0 unspecified atom stereocenters. The summed E-state index contributed by atoms with van der Waals surface area (Å²) in [6.07, 6.45) is 0. The molecule has 2 aromatic rings. The van der Waals surface area contributed by atoms with E-state index in [4.69, 9.17) is 9.47 Å².